The Morgan fingerprint density at radius 1 is 1.19 bits per heavy atom. The summed E-state index contributed by atoms with van der Waals surface area (Å²) in [5, 5.41) is 21.4. The summed E-state index contributed by atoms with van der Waals surface area (Å²) in [6.07, 6.45) is 0.537. The molecule has 1 heterocycles. The van der Waals surface area contributed by atoms with Gasteiger partial charge in [0.15, 0.2) is 11.4 Å². The van der Waals surface area contributed by atoms with Gasteiger partial charge in [0.1, 0.15) is 5.75 Å². The number of nitrogens with zero attached hydrogens (tertiary/aromatic N) is 1. The Hall–Kier alpha value is -2.37. The van der Waals surface area contributed by atoms with Gasteiger partial charge in [-0.25, -0.2) is 4.79 Å². The van der Waals surface area contributed by atoms with Gasteiger partial charge in [-0.15, -0.1) is 0 Å². The first-order valence-corrected chi connectivity index (χ1v) is 8.72. The minimum Gasteiger partial charge on any atom is -0.508 e. The number of carboxylic acid groups (broad SMARTS) is 1. The number of fused-ring (bicyclic) bond motifs is 1. The molecule has 0 aliphatic rings. The van der Waals surface area contributed by atoms with E-state index >= 15 is 0 Å². The Morgan fingerprint density at radius 2 is 1.92 bits per heavy atom. The molecule has 3 rings (SSSR count). The van der Waals surface area contributed by atoms with E-state index in [1.165, 1.54) is 7.11 Å². The van der Waals surface area contributed by atoms with Gasteiger partial charge in [0.05, 0.1) is 22.7 Å². The molecular weight excluding hydrogens is 377 g/mol. The molecule has 0 bridgehead atoms. The summed E-state index contributed by atoms with van der Waals surface area (Å²) in [4.78, 5) is 12.0. The number of halogens is 2. The predicted octanol–water partition coefficient (Wildman–Crippen LogP) is 4.97. The van der Waals surface area contributed by atoms with E-state index in [1.807, 2.05) is 6.92 Å². The average Bonchev–Trinajstić information content (AvgIpc) is 2.91. The molecule has 0 spiro atoms. The van der Waals surface area contributed by atoms with E-state index in [0.29, 0.717) is 32.9 Å². The molecular formula is C19H17Cl2NO4. The molecule has 0 amide bonds. The van der Waals surface area contributed by atoms with Gasteiger partial charge in [-0.3, -0.25) is 0 Å². The third kappa shape index (κ3) is 2.97. The van der Waals surface area contributed by atoms with Gasteiger partial charge < -0.3 is 19.5 Å². The first-order valence-electron chi connectivity index (χ1n) is 7.97. The maximum Gasteiger partial charge on any atom is 0.356 e. The zero-order valence-electron chi connectivity index (χ0n) is 14.2. The quantitative estimate of drug-likeness (QED) is 0.641. The SMILES string of the molecule is CCc1c(O)ccc2c1c(OC)c(C(=O)O)n2Cc1ccc(Cl)c(Cl)c1. The number of carboxylic acids is 1. The summed E-state index contributed by atoms with van der Waals surface area (Å²) >= 11 is 12.0. The van der Waals surface area contributed by atoms with Crippen LogP contribution in [0.4, 0.5) is 0 Å². The Balaban J connectivity index is 2.31. The lowest BCUT2D eigenvalue weighted by Gasteiger charge is -2.10. The van der Waals surface area contributed by atoms with Crippen molar-refractivity contribution in [2.45, 2.75) is 19.9 Å². The summed E-state index contributed by atoms with van der Waals surface area (Å²) in [7, 11) is 1.42. The lowest BCUT2D eigenvalue weighted by molar-refractivity contribution is 0.0682. The normalized spacial score (nSPS) is 11.1. The number of aryl methyl sites for hydroxylation is 1. The molecule has 0 aliphatic heterocycles. The molecule has 3 aromatic rings. The third-order valence-corrected chi connectivity index (χ3v) is 5.09. The first-order chi connectivity index (χ1) is 12.4. The molecule has 0 aliphatic carbocycles. The van der Waals surface area contributed by atoms with Crippen molar-refractivity contribution < 1.29 is 19.7 Å². The highest BCUT2D eigenvalue weighted by molar-refractivity contribution is 6.42. The number of rotatable bonds is 5. The Kier molecular flexibility index (Phi) is 5.03. The summed E-state index contributed by atoms with van der Waals surface area (Å²) in [6, 6.07) is 8.42. The van der Waals surface area contributed by atoms with Crippen LogP contribution in [0.1, 0.15) is 28.5 Å². The van der Waals surface area contributed by atoms with Crippen LogP contribution < -0.4 is 4.74 Å². The van der Waals surface area contributed by atoms with Crippen LogP contribution in [0.2, 0.25) is 10.0 Å². The molecule has 26 heavy (non-hydrogen) atoms. The highest BCUT2D eigenvalue weighted by Crippen LogP contribution is 2.40. The maximum atomic E-state index is 12.0. The van der Waals surface area contributed by atoms with Crippen LogP contribution in [0.15, 0.2) is 30.3 Å². The number of hydrogen-bond acceptors (Lipinski definition) is 3. The number of aromatic hydroxyl groups is 1. The van der Waals surface area contributed by atoms with Crippen LogP contribution in [-0.2, 0) is 13.0 Å². The smallest absolute Gasteiger partial charge is 0.356 e. The second kappa shape index (κ2) is 7.09. The molecule has 1 aromatic heterocycles. The van der Waals surface area contributed by atoms with E-state index in [-0.39, 0.29) is 23.7 Å². The molecule has 136 valence electrons. The summed E-state index contributed by atoms with van der Waals surface area (Å²) in [5.74, 6) is -0.762. The van der Waals surface area contributed by atoms with E-state index in [0.717, 1.165) is 5.56 Å². The third-order valence-electron chi connectivity index (χ3n) is 4.35. The Morgan fingerprint density at radius 3 is 2.50 bits per heavy atom. The van der Waals surface area contributed by atoms with E-state index in [9.17, 15) is 15.0 Å². The molecule has 5 nitrogen and oxygen atoms in total. The second-order valence-corrected chi connectivity index (χ2v) is 6.65. The number of aromatic nitrogens is 1. The van der Waals surface area contributed by atoms with E-state index < -0.39 is 5.97 Å². The van der Waals surface area contributed by atoms with Crippen molar-refractivity contribution in [1.29, 1.82) is 0 Å². The molecule has 0 saturated heterocycles. The molecule has 2 N–H and O–H groups in total. The minimum atomic E-state index is -1.11. The number of phenols is 1. The fourth-order valence-corrected chi connectivity index (χ4v) is 3.54. The summed E-state index contributed by atoms with van der Waals surface area (Å²) in [6.45, 7) is 2.16. The van der Waals surface area contributed by atoms with Crippen LogP contribution >= 0.6 is 23.2 Å². The van der Waals surface area contributed by atoms with Crippen LogP contribution in [0.3, 0.4) is 0 Å². The van der Waals surface area contributed by atoms with Crippen LogP contribution in [-0.4, -0.2) is 27.9 Å². The largest absolute Gasteiger partial charge is 0.508 e. The van der Waals surface area contributed by atoms with Crippen molar-refractivity contribution in [2.24, 2.45) is 0 Å². The van der Waals surface area contributed by atoms with Crippen LogP contribution in [0, 0.1) is 0 Å². The molecule has 0 saturated carbocycles. The fourth-order valence-electron chi connectivity index (χ4n) is 3.22. The van der Waals surface area contributed by atoms with Gasteiger partial charge in [0.25, 0.3) is 0 Å². The van der Waals surface area contributed by atoms with Gasteiger partial charge in [-0.05, 0) is 36.2 Å². The van der Waals surface area contributed by atoms with E-state index in [2.05, 4.69) is 0 Å². The second-order valence-electron chi connectivity index (χ2n) is 5.83. The predicted molar refractivity (Wildman–Crippen MR) is 102 cm³/mol. The number of aromatic carboxylic acids is 1. The van der Waals surface area contributed by atoms with Crippen molar-refractivity contribution in [3.63, 3.8) is 0 Å². The lowest BCUT2D eigenvalue weighted by atomic mass is 10.1. The number of benzene rings is 2. The number of hydrogen-bond donors (Lipinski definition) is 2. The number of phenolic OH excluding ortho intramolecular Hbond substituents is 1. The first kappa shape index (κ1) is 18.4. The Labute approximate surface area is 160 Å². The molecule has 0 atom stereocenters. The fraction of sp³-hybridized carbons (Fsp3) is 0.211. The Bertz CT molecular complexity index is 1010. The van der Waals surface area contributed by atoms with Crippen LogP contribution in [0.5, 0.6) is 11.5 Å². The summed E-state index contributed by atoms with van der Waals surface area (Å²) < 4.78 is 7.07. The lowest BCUT2D eigenvalue weighted by Crippen LogP contribution is -2.10. The van der Waals surface area contributed by atoms with Crippen molar-refractivity contribution in [3.05, 3.63) is 57.2 Å². The zero-order valence-corrected chi connectivity index (χ0v) is 15.7. The highest BCUT2D eigenvalue weighted by atomic mass is 35.5. The van der Waals surface area contributed by atoms with Crippen molar-refractivity contribution in [1.82, 2.24) is 4.57 Å². The van der Waals surface area contributed by atoms with Crippen molar-refractivity contribution in [3.8, 4) is 11.5 Å². The van der Waals surface area contributed by atoms with Gasteiger partial charge in [-0.1, -0.05) is 36.2 Å². The number of methoxy groups -OCH3 is 1. The molecule has 0 unspecified atom stereocenters. The standard InChI is InChI=1S/C19H17Cl2NO4/c1-3-11-15(23)7-6-14-16(11)18(26-2)17(19(24)25)22(14)9-10-4-5-12(20)13(21)8-10/h4-8,23H,3,9H2,1-2H3,(H,24,25). The average molecular weight is 394 g/mol. The van der Waals surface area contributed by atoms with Gasteiger partial charge >= 0.3 is 5.97 Å². The minimum absolute atomic E-state index is 0.0221. The molecule has 0 fully saturated rings. The van der Waals surface area contributed by atoms with Crippen molar-refractivity contribution >= 4 is 40.1 Å². The molecule has 0 radical (unpaired) electrons. The van der Waals surface area contributed by atoms with Gasteiger partial charge in [0.2, 0.25) is 0 Å². The van der Waals surface area contributed by atoms with E-state index in [1.54, 1.807) is 34.9 Å². The topological polar surface area (TPSA) is 71.7 Å². The summed E-state index contributed by atoms with van der Waals surface area (Å²) in [5.41, 5.74) is 2.14. The zero-order chi connectivity index (χ0) is 19.0. The van der Waals surface area contributed by atoms with Gasteiger partial charge in [-0.2, -0.15) is 0 Å². The maximum absolute atomic E-state index is 12.0. The number of ether oxygens (including phenoxy) is 1. The van der Waals surface area contributed by atoms with Crippen molar-refractivity contribution in [2.75, 3.05) is 7.11 Å². The molecule has 2 aromatic carbocycles. The van der Waals surface area contributed by atoms with Gasteiger partial charge in [0, 0.05) is 17.5 Å². The van der Waals surface area contributed by atoms with E-state index in [4.69, 9.17) is 27.9 Å². The highest BCUT2D eigenvalue weighted by Gasteiger charge is 2.26. The number of carbonyl (C=O) groups is 1. The van der Waals surface area contributed by atoms with Crippen LogP contribution in [0.25, 0.3) is 10.9 Å². The molecule has 7 heteroatoms. The monoisotopic (exact) mass is 393 g/mol.